The minimum atomic E-state index is -0.606. The molecule has 2 fully saturated rings. The number of hydrogen-bond acceptors (Lipinski definition) is 6. The third-order valence-corrected chi connectivity index (χ3v) is 5.06. The molecule has 0 bridgehead atoms. The van der Waals surface area contributed by atoms with Crippen LogP contribution in [0, 0.1) is 9.81 Å². The van der Waals surface area contributed by atoms with E-state index < -0.39 is 12.1 Å². The van der Waals surface area contributed by atoms with Crippen LogP contribution in [-0.2, 0) is 0 Å². The maximum Gasteiger partial charge on any atom is 0.340 e. The van der Waals surface area contributed by atoms with Gasteiger partial charge in [-0.05, 0) is 25.7 Å². The number of nitrogens with one attached hydrogen (secondary N) is 2. The molecule has 0 aromatic rings. The Kier molecular flexibility index (Phi) is 8.23. The Morgan fingerprint density at radius 1 is 0.692 bits per heavy atom. The van der Waals surface area contributed by atoms with Gasteiger partial charge >= 0.3 is 12.1 Å². The van der Waals surface area contributed by atoms with Gasteiger partial charge in [-0.2, -0.15) is 10.0 Å². The average molecular weight is 368 g/mol. The highest BCUT2D eigenvalue weighted by Crippen LogP contribution is 2.18. The van der Waals surface area contributed by atoms with E-state index >= 15 is 0 Å². The summed E-state index contributed by atoms with van der Waals surface area (Å²) in [6.07, 6.45) is 10.00. The van der Waals surface area contributed by atoms with Crippen LogP contribution in [0.15, 0.2) is 10.6 Å². The molecule has 0 unspecified atom stereocenters. The molecule has 0 radical (unpaired) electrons. The fourth-order valence-corrected chi connectivity index (χ4v) is 3.54. The van der Waals surface area contributed by atoms with Gasteiger partial charge in [0.25, 0.3) is 0 Å². The molecule has 2 saturated carbocycles. The smallest absolute Gasteiger partial charge is 0.334 e. The molecule has 4 amide bonds. The molecule has 10 heteroatoms. The second-order valence-corrected chi connectivity index (χ2v) is 6.98. The number of carbonyl (C=O) groups is 2. The molecular weight excluding hydrogens is 340 g/mol. The predicted octanol–water partition coefficient (Wildman–Crippen LogP) is 3.04. The van der Waals surface area contributed by atoms with E-state index in [-0.39, 0.29) is 25.2 Å². The van der Waals surface area contributed by atoms with Gasteiger partial charge in [-0.25, -0.2) is 9.59 Å². The van der Waals surface area contributed by atoms with Gasteiger partial charge in [0, 0.05) is 12.1 Å². The van der Waals surface area contributed by atoms with Crippen molar-refractivity contribution < 1.29 is 9.59 Å². The maximum absolute atomic E-state index is 12.1. The molecule has 2 N–H and O–H groups in total. The van der Waals surface area contributed by atoms with E-state index in [2.05, 4.69) is 21.2 Å². The van der Waals surface area contributed by atoms with Gasteiger partial charge in [0.05, 0.1) is 23.7 Å². The molecule has 0 aliphatic heterocycles. The standard InChI is InChI=1S/C16H28N6O4/c23-15(17-13-7-3-1-4-8-13)21(19-25)11-12-22(20-26)16(24)18-14-9-5-2-6-10-14/h13-14H,1-12H2,(H,17,23)(H,18,24). The molecule has 2 aliphatic rings. The van der Waals surface area contributed by atoms with Gasteiger partial charge in [-0.15, -0.1) is 9.81 Å². The Morgan fingerprint density at radius 2 is 1.04 bits per heavy atom. The van der Waals surface area contributed by atoms with Gasteiger partial charge < -0.3 is 10.6 Å². The van der Waals surface area contributed by atoms with Crippen molar-refractivity contribution in [2.24, 2.45) is 10.6 Å². The van der Waals surface area contributed by atoms with Crippen molar-refractivity contribution >= 4 is 12.1 Å². The first-order valence-corrected chi connectivity index (χ1v) is 9.46. The zero-order valence-electron chi connectivity index (χ0n) is 15.1. The van der Waals surface area contributed by atoms with Crippen molar-refractivity contribution in [2.45, 2.75) is 76.3 Å². The van der Waals surface area contributed by atoms with E-state index in [1.807, 2.05) is 0 Å². The Hall–Kier alpha value is -2.26. The van der Waals surface area contributed by atoms with E-state index in [9.17, 15) is 19.4 Å². The fourth-order valence-electron chi connectivity index (χ4n) is 3.54. The SMILES string of the molecule is O=NN(CCN(N=O)C(=O)NC1CCCCC1)C(=O)NC1CCCCC1. The van der Waals surface area contributed by atoms with Crippen molar-refractivity contribution in [3.8, 4) is 0 Å². The molecule has 26 heavy (non-hydrogen) atoms. The summed E-state index contributed by atoms with van der Waals surface area (Å²) >= 11 is 0. The molecule has 146 valence electrons. The van der Waals surface area contributed by atoms with Crippen molar-refractivity contribution in [2.75, 3.05) is 13.1 Å². The van der Waals surface area contributed by atoms with Crippen LogP contribution in [0.3, 0.4) is 0 Å². The average Bonchev–Trinajstić information content (AvgIpc) is 2.66. The Bertz CT molecular complexity index is 447. The number of urea groups is 2. The molecule has 0 aromatic carbocycles. The van der Waals surface area contributed by atoms with Gasteiger partial charge in [0.15, 0.2) is 0 Å². The quantitative estimate of drug-likeness (QED) is 0.529. The number of rotatable bonds is 7. The molecule has 0 aromatic heterocycles. The number of nitrogens with zero attached hydrogens (tertiary/aromatic N) is 4. The second kappa shape index (κ2) is 10.7. The lowest BCUT2D eigenvalue weighted by Gasteiger charge is -2.26. The van der Waals surface area contributed by atoms with Crippen LogP contribution in [0.25, 0.3) is 0 Å². The van der Waals surface area contributed by atoms with Crippen LogP contribution >= 0.6 is 0 Å². The van der Waals surface area contributed by atoms with Gasteiger partial charge in [-0.3, -0.25) is 0 Å². The first kappa shape index (κ1) is 20.1. The molecular formula is C16H28N6O4. The van der Waals surface area contributed by atoms with Crippen LogP contribution in [0.4, 0.5) is 9.59 Å². The second-order valence-electron chi connectivity index (χ2n) is 6.98. The number of amides is 4. The van der Waals surface area contributed by atoms with Crippen LogP contribution in [-0.4, -0.2) is 47.3 Å². The number of hydrogen-bond donors (Lipinski definition) is 2. The van der Waals surface area contributed by atoms with Crippen LogP contribution < -0.4 is 10.6 Å². The first-order valence-electron chi connectivity index (χ1n) is 9.46. The summed E-state index contributed by atoms with van der Waals surface area (Å²) in [5, 5.41) is 12.3. The largest absolute Gasteiger partial charge is 0.340 e. The van der Waals surface area contributed by atoms with Gasteiger partial charge in [0.2, 0.25) is 0 Å². The van der Waals surface area contributed by atoms with Gasteiger partial charge in [0.1, 0.15) is 0 Å². The molecule has 10 nitrogen and oxygen atoms in total. The number of nitroso groups, excluding NO2 is 2. The van der Waals surface area contributed by atoms with E-state index in [0.29, 0.717) is 10.0 Å². The molecule has 0 saturated heterocycles. The summed E-state index contributed by atoms with van der Waals surface area (Å²) in [6.45, 7) is -0.377. The zero-order valence-corrected chi connectivity index (χ0v) is 15.1. The topological polar surface area (TPSA) is 124 Å². The summed E-state index contributed by atoms with van der Waals surface area (Å²) in [6, 6.07) is -1.14. The van der Waals surface area contributed by atoms with E-state index in [0.717, 1.165) is 64.2 Å². The summed E-state index contributed by atoms with van der Waals surface area (Å²) < 4.78 is 0. The van der Waals surface area contributed by atoms with Crippen molar-refractivity contribution in [3.63, 3.8) is 0 Å². The van der Waals surface area contributed by atoms with Crippen molar-refractivity contribution in [3.05, 3.63) is 9.81 Å². The van der Waals surface area contributed by atoms with Crippen LogP contribution in [0.5, 0.6) is 0 Å². The Labute approximate surface area is 152 Å². The molecule has 0 spiro atoms. The van der Waals surface area contributed by atoms with E-state index in [1.54, 1.807) is 0 Å². The van der Waals surface area contributed by atoms with Crippen LogP contribution in [0.1, 0.15) is 64.2 Å². The normalized spacial score (nSPS) is 18.6. The molecule has 0 heterocycles. The Balaban J connectivity index is 1.78. The lowest BCUT2D eigenvalue weighted by Crippen LogP contribution is -2.48. The molecule has 0 atom stereocenters. The lowest BCUT2D eigenvalue weighted by molar-refractivity contribution is 0.169. The minimum absolute atomic E-state index is 0.0374. The third-order valence-electron chi connectivity index (χ3n) is 5.06. The van der Waals surface area contributed by atoms with E-state index in [4.69, 9.17) is 0 Å². The van der Waals surface area contributed by atoms with Crippen molar-refractivity contribution in [1.82, 2.24) is 20.7 Å². The minimum Gasteiger partial charge on any atom is -0.334 e. The summed E-state index contributed by atoms with van der Waals surface area (Å²) in [7, 11) is 0. The molecule has 2 rings (SSSR count). The summed E-state index contributed by atoms with van der Waals surface area (Å²) in [4.78, 5) is 46.2. The lowest BCUT2D eigenvalue weighted by atomic mass is 9.96. The summed E-state index contributed by atoms with van der Waals surface area (Å²) in [5.41, 5.74) is 0. The summed E-state index contributed by atoms with van der Waals surface area (Å²) in [5.74, 6) is 0. The number of carbonyl (C=O) groups excluding carboxylic acids is 2. The van der Waals surface area contributed by atoms with Crippen molar-refractivity contribution in [1.29, 1.82) is 0 Å². The molecule has 2 aliphatic carbocycles. The highest BCUT2D eigenvalue weighted by atomic mass is 16.3. The monoisotopic (exact) mass is 368 g/mol. The van der Waals surface area contributed by atoms with Gasteiger partial charge in [-0.1, -0.05) is 38.5 Å². The van der Waals surface area contributed by atoms with E-state index in [1.165, 1.54) is 0 Å². The van der Waals surface area contributed by atoms with Crippen LogP contribution in [0.2, 0.25) is 0 Å². The highest BCUT2D eigenvalue weighted by Gasteiger charge is 2.24. The predicted molar refractivity (Wildman–Crippen MR) is 95.8 cm³/mol. The fraction of sp³-hybridized carbons (Fsp3) is 0.875. The maximum atomic E-state index is 12.1. The zero-order chi connectivity index (χ0) is 18.8. The highest BCUT2D eigenvalue weighted by molar-refractivity contribution is 5.75. The third kappa shape index (κ3) is 6.23. The first-order chi connectivity index (χ1) is 12.6. The Morgan fingerprint density at radius 3 is 1.35 bits per heavy atom.